The lowest BCUT2D eigenvalue weighted by Crippen LogP contribution is -2.49. The maximum absolute atomic E-state index is 13.4. The van der Waals surface area contributed by atoms with Crippen molar-refractivity contribution in [2.45, 2.75) is 64.1 Å². The van der Waals surface area contributed by atoms with Gasteiger partial charge in [0.25, 0.3) is 0 Å². The van der Waals surface area contributed by atoms with Crippen LogP contribution < -0.4 is 9.62 Å². The third-order valence-electron chi connectivity index (χ3n) is 6.46. The Morgan fingerprint density at radius 3 is 2.22 bits per heavy atom. The largest absolute Gasteiger partial charge is 0.352 e. The first-order chi connectivity index (χ1) is 17.1. The van der Waals surface area contributed by atoms with E-state index in [0.29, 0.717) is 21.3 Å². The molecule has 0 radical (unpaired) electrons. The molecule has 2 amide bonds. The molecule has 36 heavy (non-hydrogen) atoms. The first kappa shape index (κ1) is 28.3. The molecule has 3 rings (SSSR count). The van der Waals surface area contributed by atoms with Gasteiger partial charge in [-0.05, 0) is 50.5 Å². The van der Waals surface area contributed by atoms with E-state index >= 15 is 0 Å². The topological polar surface area (TPSA) is 86.8 Å². The van der Waals surface area contributed by atoms with Crippen LogP contribution in [0.3, 0.4) is 0 Å². The normalized spacial score (nSPS) is 14.9. The zero-order valence-corrected chi connectivity index (χ0v) is 23.0. The van der Waals surface area contributed by atoms with Crippen molar-refractivity contribution in [1.29, 1.82) is 0 Å². The number of amides is 2. The van der Waals surface area contributed by atoms with E-state index < -0.39 is 16.1 Å². The van der Waals surface area contributed by atoms with E-state index in [1.54, 1.807) is 49.4 Å². The Bertz CT molecular complexity index is 1130. The summed E-state index contributed by atoms with van der Waals surface area (Å²) < 4.78 is 26.0. The van der Waals surface area contributed by atoms with Crippen LogP contribution in [-0.2, 0) is 26.2 Å². The third-order valence-corrected chi connectivity index (χ3v) is 8.36. The highest BCUT2D eigenvalue weighted by atomic mass is 35.5. The molecule has 1 saturated carbocycles. The zero-order valence-electron chi connectivity index (χ0n) is 20.6. The first-order valence-corrected chi connectivity index (χ1v) is 14.7. The molecule has 1 N–H and O–H groups in total. The van der Waals surface area contributed by atoms with Gasteiger partial charge in [0.1, 0.15) is 6.04 Å². The van der Waals surface area contributed by atoms with Gasteiger partial charge in [0.05, 0.1) is 11.9 Å². The summed E-state index contributed by atoms with van der Waals surface area (Å²) in [6.07, 6.45) is 5.51. The minimum Gasteiger partial charge on any atom is -0.352 e. The number of anilines is 1. The molecule has 10 heteroatoms. The summed E-state index contributed by atoms with van der Waals surface area (Å²) in [5, 5.41) is 3.88. The van der Waals surface area contributed by atoms with Crippen LogP contribution in [0.15, 0.2) is 48.5 Å². The highest BCUT2D eigenvalue weighted by Gasteiger charge is 2.29. The number of hydrogen-bond acceptors (Lipinski definition) is 4. The molecule has 0 heterocycles. The number of para-hydroxylation sites is 1. The molecule has 2 aromatic rings. The van der Waals surface area contributed by atoms with Crippen molar-refractivity contribution in [3.05, 3.63) is 64.1 Å². The molecule has 0 aliphatic heterocycles. The number of rotatable bonds is 11. The van der Waals surface area contributed by atoms with Gasteiger partial charge in [-0.2, -0.15) is 0 Å². The second-order valence-electron chi connectivity index (χ2n) is 9.16. The fourth-order valence-electron chi connectivity index (χ4n) is 4.43. The molecule has 0 saturated heterocycles. The molecule has 2 aromatic carbocycles. The van der Waals surface area contributed by atoms with Crippen molar-refractivity contribution < 1.29 is 18.0 Å². The highest BCUT2D eigenvalue weighted by molar-refractivity contribution is 7.92. The van der Waals surface area contributed by atoms with E-state index in [1.807, 2.05) is 6.07 Å². The number of carbonyl (C=O) groups excluding carboxylic acids is 2. The monoisotopic (exact) mass is 553 g/mol. The second kappa shape index (κ2) is 12.8. The summed E-state index contributed by atoms with van der Waals surface area (Å²) in [7, 11) is -3.53. The zero-order chi connectivity index (χ0) is 26.3. The van der Waals surface area contributed by atoms with E-state index in [2.05, 4.69) is 5.32 Å². The lowest BCUT2D eigenvalue weighted by atomic mass is 10.1. The van der Waals surface area contributed by atoms with Crippen LogP contribution in [0.25, 0.3) is 0 Å². The Morgan fingerprint density at radius 2 is 1.64 bits per heavy atom. The van der Waals surface area contributed by atoms with Crippen molar-refractivity contribution in [2.75, 3.05) is 17.1 Å². The molecule has 1 unspecified atom stereocenters. The molecule has 196 valence electrons. The van der Waals surface area contributed by atoms with Gasteiger partial charge in [0.15, 0.2) is 0 Å². The van der Waals surface area contributed by atoms with E-state index in [9.17, 15) is 18.0 Å². The van der Waals surface area contributed by atoms with Crippen LogP contribution in [0.2, 0.25) is 10.0 Å². The molecule has 0 aromatic heterocycles. The number of benzene rings is 2. The van der Waals surface area contributed by atoms with Crippen LogP contribution in [0.5, 0.6) is 0 Å². The number of carbonyl (C=O) groups is 2. The van der Waals surface area contributed by atoms with Gasteiger partial charge in [-0.3, -0.25) is 13.9 Å². The van der Waals surface area contributed by atoms with E-state index in [4.69, 9.17) is 23.2 Å². The molecular weight excluding hydrogens is 521 g/mol. The smallest absolute Gasteiger partial charge is 0.242 e. The van der Waals surface area contributed by atoms with Gasteiger partial charge >= 0.3 is 0 Å². The number of nitrogens with one attached hydrogen (secondary N) is 1. The van der Waals surface area contributed by atoms with Crippen molar-refractivity contribution in [2.24, 2.45) is 0 Å². The lowest BCUT2D eigenvalue weighted by Gasteiger charge is -2.30. The van der Waals surface area contributed by atoms with Crippen LogP contribution in [-0.4, -0.2) is 50.0 Å². The summed E-state index contributed by atoms with van der Waals surface area (Å²) in [5.41, 5.74) is 1.10. The van der Waals surface area contributed by atoms with E-state index in [-0.39, 0.29) is 43.8 Å². The summed E-state index contributed by atoms with van der Waals surface area (Å²) in [6, 6.07) is 13.2. The second-order valence-corrected chi connectivity index (χ2v) is 11.9. The predicted octanol–water partition coefficient (Wildman–Crippen LogP) is 5.02. The molecule has 1 aliphatic carbocycles. The van der Waals surface area contributed by atoms with Gasteiger partial charge in [0, 0.05) is 41.2 Å². The summed E-state index contributed by atoms with van der Waals surface area (Å²) in [5.74, 6) is -0.498. The number of hydrogen-bond donors (Lipinski definition) is 1. The van der Waals surface area contributed by atoms with Crippen molar-refractivity contribution in [3.8, 4) is 0 Å². The lowest BCUT2D eigenvalue weighted by molar-refractivity contribution is -0.140. The SMILES string of the molecule is CC(C(=O)NC1CCCC1)N(Cc1c(Cl)cccc1Cl)C(=O)CCCN(c1ccccc1)S(C)(=O)=O. The van der Waals surface area contributed by atoms with Crippen molar-refractivity contribution >= 4 is 50.7 Å². The van der Waals surface area contributed by atoms with Crippen LogP contribution in [0.1, 0.15) is 51.0 Å². The minimum atomic E-state index is -3.53. The maximum Gasteiger partial charge on any atom is 0.242 e. The molecule has 1 atom stereocenters. The van der Waals surface area contributed by atoms with Crippen LogP contribution >= 0.6 is 23.2 Å². The molecule has 0 spiro atoms. The van der Waals surface area contributed by atoms with E-state index in [0.717, 1.165) is 31.9 Å². The maximum atomic E-state index is 13.4. The Morgan fingerprint density at radius 1 is 1.03 bits per heavy atom. The Labute approximate surface area is 223 Å². The molecular formula is C26H33Cl2N3O4S. The summed E-state index contributed by atoms with van der Waals surface area (Å²) >= 11 is 12.7. The Kier molecular flexibility index (Phi) is 10.0. The third kappa shape index (κ3) is 7.60. The standard InChI is InChI=1S/C26H33Cl2N3O4S/c1-19(26(33)29-20-10-6-7-11-20)30(18-22-23(27)14-8-15-24(22)28)25(32)16-9-17-31(36(2,34)35)21-12-4-3-5-13-21/h3-5,8,12-15,19-20H,6-7,9-11,16-18H2,1-2H3,(H,29,33). The van der Waals surface area contributed by atoms with Gasteiger partial charge in [0.2, 0.25) is 21.8 Å². The van der Waals surface area contributed by atoms with Crippen LogP contribution in [0.4, 0.5) is 5.69 Å². The average molecular weight is 555 g/mol. The fraction of sp³-hybridized carbons (Fsp3) is 0.462. The summed E-state index contributed by atoms with van der Waals surface area (Å²) in [6.45, 7) is 1.91. The Hall–Kier alpha value is -2.29. The fourth-order valence-corrected chi connectivity index (χ4v) is 5.91. The predicted molar refractivity (Wildman–Crippen MR) is 145 cm³/mol. The van der Waals surface area contributed by atoms with Crippen molar-refractivity contribution in [3.63, 3.8) is 0 Å². The number of sulfonamides is 1. The van der Waals surface area contributed by atoms with Gasteiger partial charge in [-0.1, -0.05) is 60.3 Å². The quantitative estimate of drug-likeness (QED) is 0.423. The van der Waals surface area contributed by atoms with Crippen molar-refractivity contribution in [1.82, 2.24) is 10.2 Å². The summed E-state index contributed by atoms with van der Waals surface area (Å²) in [4.78, 5) is 27.9. The van der Waals surface area contributed by atoms with E-state index in [1.165, 1.54) is 9.21 Å². The Balaban J connectivity index is 1.75. The first-order valence-electron chi connectivity index (χ1n) is 12.1. The molecule has 1 fully saturated rings. The molecule has 1 aliphatic rings. The van der Waals surface area contributed by atoms with Gasteiger partial charge in [-0.25, -0.2) is 8.42 Å². The number of nitrogens with zero attached hydrogens (tertiary/aromatic N) is 2. The van der Waals surface area contributed by atoms with Crippen LogP contribution in [0, 0.1) is 0 Å². The molecule has 7 nitrogen and oxygen atoms in total. The average Bonchev–Trinajstić information content (AvgIpc) is 3.34. The molecule has 0 bridgehead atoms. The number of halogens is 2. The highest BCUT2D eigenvalue weighted by Crippen LogP contribution is 2.27. The van der Waals surface area contributed by atoms with Gasteiger partial charge in [-0.15, -0.1) is 0 Å². The van der Waals surface area contributed by atoms with Gasteiger partial charge < -0.3 is 10.2 Å². The minimum absolute atomic E-state index is 0.0575.